The first-order chi connectivity index (χ1) is 13.0. The minimum Gasteiger partial charge on any atom is -0.348 e. The van der Waals surface area contributed by atoms with Gasteiger partial charge in [-0.3, -0.25) is 14.4 Å². The quantitative estimate of drug-likeness (QED) is 0.834. The first-order valence-corrected chi connectivity index (χ1v) is 9.25. The molecule has 8 nitrogen and oxygen atoms in total. The van der Waals surface area contributed by atoms with Gasteiger partial charge in [-0.1, -0.05) is 6.07 Å². The summed E-state index contributed by atoms with van der Waals surface area (Å²) in [5.74, 6) is -0.0372. The molecule has 0 unspecified atom stereocenters. The molecule has 2 amide bonds. The number of H-pyrrole nitrogens is 1. The van der Waals surface area contributed by atoms with Crippen molar-refractivity contribution in [1.82, 2.24) is 24.3 Å². The number of piperidine rings is 1. The molecule has 2 aliphatic rings. The van der Waals surface area contributed by atoms with Crippen LogP contribution in [0.5, 0.6) is 0 Å². The van der Waals surface area contributed by atoms with Crippen LogP contribution in [-0.2, 0) is 28.1 Å². The van der Waals surface area contributed by atoms with Crippen LogP contribution in [0.15, 0.2) is 35.5 Å². The normalized spacial score (nSPS) is 18.4. The van der Waals surface area contributed by atoms with Crippen LogP contribution in [0.3, 0.4) is 0 Å². The number of aromatic amines is 1. The zero-order valence-electron chi connectivity index (χ0n) is 15.4. The lowest BCUT2D eigenvalue weighted by Crippen LogP contribution is -2.58. The molecule has 2 aromatic heterocycles. The Morgan fingerprint density at radius 2 is 2.00 bits per heavy atom. The van der Waals surface area contributed by atoms with Gasteiger partial charge in [-0.05, 0) is 18.9 Å². The van der Waals surface area contributed by atoms with E-state index in [1.165, 1.54) is 10.6 Å². The average Bonchev–Trinajstić information content (AvgIpc) is 3.14. The van der Waals surface area contributed by atoms with Crippen molar-refractivity contribution in [3.63, 3.8) is 0 Å². The van der Waals surface area contributed by atoms with Crippen molar-refractivity contribution in [2.45, 2.75) is 38.3 Å². The van der Waals surface area contributed by atoms with Crippen LogP contribution in [0.25, 0.3) is 0 Å². The van der Waals surface area contributed by atoms with Gasteiger partial charge < -0.3 is 19.4 Å². The summed E-state index contributed by atoms with van der Waals surface area (Å²) in [5, 5.41) is 0. The fraction of sp³-hybridized carbons (Fsp3) is 0.474. The number of pyridine rings is 1. The number of carbonyl (C=O) groups is 2. The highest BCUT2D eigenvalue weighted by Crippen LogP contribution is 2.42. The maximum atomic E-state index is 12.7. The summed E-state index contributed by atoms with van der Waals surface area (Å²) in [6.07, 6.45) is 5.39. The Labute approximate surface area is 156 Å². The number of hydrogen-bond donors (Lipinski definition) is 1. The van der Waals surface area contributed by atoms with Crippen LogP contribution in [0.4, 0.5) is 0 Å². The third-order valence-corrected chi connectivity index (χ3v) is 5.79. The van der Waals surface area contributed by atoms with E-state index in [9.17, 15) is 14.4 Å². The summed E-state index contributed by atoms with van der Waals surface area (Å²) in [6, 6.07) is 4.85. The lowest BCUT2D eigenvalue weighted by atomic mass is 9.78. The molecule has 1 spiro atoms. The Bertz CT molecular complexity index is 923. The van der Waals surface area contributed by atoms with Crippen LogP contribution in [0.1, 0.15) is 31.2 Å². The Hall–Kier alpha value is -2.90. The maximum Gasteiger partial charge on any atom is 0.250 e. The van der Waals surface area contributed by atoms with Gasteiger partial charge in [0.05, 0.1) is 17.6 Å². The fourth-order valence-corrected chi connectivity index (χ4v) is 4.41. The van der Waals surface area contributed by atoms with Gasteiger partial charge in [0.1, 0.15) is 6.54 Å². The number of likely N-dealkylation sites (tertiary alicyclic amines) is 1. The number of aromatic nitrogens is 3. The number of carbonyl (C=O) groups excluding carboxylic acids is 2. The molecule has 4 heterocycles. The van der Waals surface area contributed by atoms with Crippen LogP contribution >= 0.6 is 0 Å². The van der Waals surface area contributed by atoms with Crippen molar-refractivity contribution < 1.29 is 9.59 Å². The van der Waals surface area contributed by atoms with Crippen molar-refractivity contribution in [3.05, 3.63) is 52.5 Å². The van der Waals surface area contributed by atoms with Crippen LogP contribution in [-0.4, -0.2) is 55.8 Å². The smallest absolute Gasteiger partial charge is 0.250 e. The number of hydrogen-bond acceptors (Lipinski definition) is 4. The summed E-state index contributed by atoms with van der Waals surface area (Å²) in [4.78, 5) is 48.2. The topological polar surface area (TPSA) is 91.3 Å². The van der Waals surface area contributed by atoms with Gasteiger partial charge in [0.25, 0.3) is 5.56 Å². The molecule has 0 atom stereocenters. The van der Waals surface area contributed by atoms with Crippen LogP contribution < -0.4 is 5.56 Å². The predicted octanol–water partition coefficient (Wildman–Crippen LogP) is 0.494. The highest BCUT2D eigenvalue weighted by atomic mass is 16.2. The van der Waals surface area contributed by atoms with E-state index < -0.39 is 5.54 Å². The van der Waals surface area contributed by atoms with Crippen LogP contribution in [0, 0.1) is 0 Å². The second kappa shape index (κ2) is 6.68. The minimum atomic E-state index is -0.445. The van der Waals surface area contributed by atoms with Crippen molar-refractivity contribution in [3.8, 4) is 0 Å². The van der Waals surface area contributed by atoms with Crippen molar-refractivity contribution in [2.75, 3.05) is 19.6 Å². The number of imidazole rings is 1. The van der Waals surface area contributed by atoms with Crippen molar-refractivity contribution in [1.29, 1.82) is 0 Å². The Morgan fingerprint density at radius 3 is 2.70 bits per heavy atom. The van der Waals surface area contributed by atoms with E-state index in [1.807, 2.05) is 4.90 Å². The molecule has 1 fully saturated rings. The zero-order chi connectivity index (χ0) is 19.0. The van der Waals surface area contributed by atoms with Gasteiger partial charge in [0, 0.05) is 50.9 Å². The summed E-state index contributed by atoms with van der Waals surface area (Å²) in [6.45, 7) is 3.38. The third kappa shape index (κ3) is 2.94. The summed E-state index contributed by atoms with van der Waals surface area (Å²) < 4.78 is 1.42. The molecule has 0 aliphatic carbocycles. The maximum absolute atomic E-state index is 12.7. The predicted molar refractivity (Wildman–Crippen MR) is 97.9 cm³/mol. The van der Waals surface area contributed by atoms with Crippen molar-refractivity contribution in [2.24, 2.45) is 0 Å². The molecule has 142 valence electrons. The zero-order valence-corrected chi connectivity index (χ0v) is 15.4. The lowest BCUT2D eigenvalue weighted by Gasteiger charge is -2.50. The molecule has 8 heteroatoms. The largest absolute Gasteiger partial charge is 0.348 e. The molecule has 4 rings (SSSR count). The molecular formula is C19H23N5O3. The van der Waals surface area contributed by atoms with E-state index in [2.05, 4.69) is 9.97 Å². The average molecular weight is 369 g/mol. The molecular weight excluding hydrogens is 346 g/mol. The monoisotopic (exact) mass is 369 g/mol. The van der Waals surface area contributed by atoms with Gasteiger partial charge in [-0.15, -0.1) is 0 Å². The number of amides is 2. The Kier molecular flexibility index (Phi) is 4.33. The molecule has 2 aromatic rings. The van der Waals surface area contributed by atoms with E-state index in [4.69, 9.17) is 0 Å². The number of nitrogens with zero attached hydrogens (tertiary/aromatic N) is 4. The standard InChI is InChI=1S/C19H23N5O3/c1-14(25)24-9-5-15-18(21-13-20-15)19(24)6-10-22(11-7-19)17(27)12-23-8-3-2-4-16(23)26/h2-4,8,13H,5-7,9-12H2,1H3,(H,20,21). The number of fused-ring (bicyclic) bond motifs is 2. The van der Waals surface area contributed by atoms with Gasteiger partial charge in [-0.2, -0.15) is 0 Å². The van der Waals surface area contributed by atoms with Gasteiger partial charge in [0.15, 0.2) is 0 Å². The highest BCUT2D eigenvalue weighted by Gasteiger charge is 2.48. The first-order valence-electron chi connectivity index (χ1n) is 9.25. The van der Waals surface area contributed by atoms with Gasteiger partial charge in [0.2, 0.25) is 11.8 Å². The Morgan fingerprint density at radius 1 is 1.22 bits per heavy atom. The molecule has 2 aliphatic heterocycles. The molecule has 0 aromatic carbocycles. The highest BCUT2D eigenvalue weighted by molar-refractivity contribution is 5.77. The van der Waals surface area contributed by atoms with E-state index in [0.29, 0.717) is 32.5 Å². The van der Waals surface area contributed by atoms with Gasteiger partial charge in [-0.25, -0.2) is 4.98 Å². The molecule has 0 saturated carbocycles. The molecule has 1 N–H and O–H groups in total. The molecule has 0 bridgehead atoms. The van der Waals surface area contributed by atoms with Gasteiger partial charge >= 0.3 is 0 Å². The Balaban J connectivity index is 1.52. The molecule has 0 radical (unpaired) electrons. The fourth-order valence-electron chi connectivity index (χ4n) is 4.41. The second-order valence-electron chi connectivity index (χ2n) is 7.23. The first kappa shape index (κ1) is 17.5. The molecule has 1 saturated heterocycles. The van der Waals surface area contributed by atoms with E-state index in [1.54, 1.807) is 36.5 Å². The SMILES string of the molecule is CC(=O)N1CCc2[nH]cnc2C12CCN(C(=O)Cn1ccccc1=O)CC2. The van der Waals surface area contributed by atoms with E-state index in [-0.39, 0.29) is 23.9 Å². The minimum absolute atomic E-state index is 0.0384. The summed E-state index contributed by atoms with van der Waals surface area (Å²) >= 11 is 0. The second-order valence-corrected chi connectivity index (χ2v) is 7.23. The van der Waals surface area contributed by atoms with E-state index >= 15 is 0 Å². The number of rotatable bonds is 2. The van der Waals surface area contributed by atoms with Crippen LogP contribution in [0.2, 0.25) is 0 Å². The summed E-state index contributed by atoms with van der Waals surface area (Å²) in [5.41, 5.74) is 1.40. The molecule has 27 heavy (non-hydrogen) atoms. The lowest BCUT2D eigenvalue weighted by molar-refractivity contribution is -0.142. The van der Waals surface area contributed by atoms with Crippen molar-refractivity contribution >= 4 is 11.8 Å². The van der Waals surface area contributed by atoms with E-state index in [0.717, 1.165) is 17.8 Å². The number of nitrogens with one attached hydrogen (secondary N) is 1. The third-order valence-electron chi connectivity index (χ3n) is 5.79. The summed E-state index contributed by atoms with van der Waals surface area (Å²) in [7, 11) is 0.